The highest BCUT2D eigenvalue weighted by atomic mass is 32.1. The minimum absolute atomic E-state index is 0.110. The molecule has 0 aliphatic heterocycles. The highest BCUT2D eigenvalue weighted by Gasteiger charge is 2.20. The average molecular weight is 450 g/mol. The van der Waals surface area contributed by atoms with Gasteiger partial charge in [0.2, 0.25) is 0 Å². The Morgan fingerprint density at radius 1 is 1.32 bits per heavy atom. The topological polar surface area (TPSA) is 78.9 Å². The predicted octanol–water partition coefficient (Wildman–Crippen LogP) is 3.52. The number of hydrogen-bond acceptors (Lipinski definition) is 6. The number of benzene rings is 1. The number of nitrogens with one attached hydrogen (secondary N) is 2. The number of thiazole rings is 1. The third kappa shape index (κ3) is 7.91. The fourth-order valence-corrected chi connectivity index (χ4v) is 3.85. The molecule has 1 unspecified atom stereocenters. The average Bonchev–Trinajstić information content (AvgIpc) is 3.12. The van der Waals surface area contributed by atoms with E-state index in [0.717, 1.165) is 30.2 Å². The fourth-order valence-electron chi connectivity index (χ4n) is 2.89. The van der Waals surface area contributed by atoms with E-state index < -0.39 is 0 Å². The first-order chi connectivity index (χ1) is 14.8. The Morgan fingerprint density at radius 3 is 2.68 bits per heavy atom. The number of ether oxygens (including phenoxy) is 1. The van der Waals surface area contributed by atoms with Crippen molar-refractivity contribution in [3.63, 3.8) is 0 Å². The van der Waals surface area contributed by atoms with Gasteiger partial charge in [-0.3, -0.25) is 4.99 Å². The number of halogens is 1. The van der Waals surface area contributed by atoms with Crippen molar-refractivity contribution in [3.8, 4) is 0 Å². The second kappa shape index (κ2) is 12.4. The van der Waals surface area contributed by atoms with Crippen LogP contribution in [0.1, 0.15) is 52.7 Å². The Bertz CT molecular complexity index is 869. The summed E-state index contributed by atoms with van der Waals surface area (Å²) in [6.45, 7) is 10.8. The van der Waals surface area contributed by atoms with Crippen LogP contribution >= 0.6 is 11.3 Å². The molecule has 0 amide bonds. The third-order valence-corrected chi connectivity index (χ3v) is 5.78. The monoisotopic (exact) mass is 449 g/mol. The van der Waals surface area contributed by atoms with Gasteiger partial charge in [0.05, 0.1) is 24.9 Å². The third-order valence-electron chi connectivity index (χ3n) is 4.46. The van der Waals surface area contributed by atoms with Gasteiger partial charge in [0.25, 0.3) is 0 Å². The maximum absolute atomic E-state index is 13.0. The maximum Gasteiger partial charge on any atom is 0.350 e. The molecule has 31 heavy (non-hydrogen) atoms. The number of guanidine groups is 1. The second-order valence-electron chi connectivity index (χ2n) is 7.18. The van der Waals surface area contributed by atoms with Crippen molar-refractivity contribution < 1.29 is 13.9 Å². The molecule has 0 radical (unpaired) electrons. The molecule has 0 bridgehead atoms. The molecular formula is C22H32FN5O2S. The molecule has 0 saturated carbocycles. The fraction of sp³-hybridized carbons (Fsp3) is 0.500. The predicted molar refractivity (Wildman–Crippen MR) is 123 cm³/mol. The first-order valence-electron chi connectivity index (χ1n) is 10.5. The smallest absolute Gasteiger partial charge is 0.350 e. The Labute approximate surface area is 187 Å². The lowest BCUT2D eigenvalue weighted by Gasteiger charge is -2.18. The minimum atomic E-state index is -0.333. The van der Waals surface area contributed by atoms with Gasteiger partial charge in [0.1, 0.15) is 15.7 Å². The second-order valence-corrected chi connectivity index (χ2v) is 8.21. The molecule has 1 heterocycles. The number of hydrogen-bond donors (Lipinski definition) is 2. The van der Waals surface area contributed by atoms with E-state index in [-0.39, 0.29) is 17.8 Å². The molecule has 170 valence electrons. The van der Waals surface area contributed by atoms with Crippen LogP contribution in [0.4, 0.5) is 4.39 Å². The SMILES string of the molecule is CCNC(=NCCN(C)Cc1ccc(F)cc1)NC(C)c1nc(C)c(C(=O)OCC)s1. The summed E-state index contributed by atoms with van der Waals surface area (Å²) in [5, 5.41) is 7.40. The van der Waals surface area contributed by atoms with Crippen LogP contribution in [0.15, 0.2) is 29.3 Å². The van der Waals surface area contributed by atoms with Crippen LogP contribution in [0.25, 0.3) is 0 Å². The van der Waals surface area contributed by atoms with E-state index in [4.69, 9.17) is 4.74 Å². The quantitative estimate of drug-likeness (QED) is 0.328. The van der Waals surface area contributed by atoms with Crippen molar-refractivity contribution in [3.05, 3.63) is 51.2 Å². The van der Waals surface area contributed by atoms with Crippen LogP contribution in [-0.4, -0.2) is 55.1 Å². The number of nitrogens with zero attached hydrogens (tertiary/aromatic N) is 3. The van der Waals surface area contributed by atoms with Gasteiger partial charge in [0, 0.05) is 19.6 Å². The molecule has 7 nitrogen and oxygen atoms in total. The molecule has 1 aromatic heterocycles. The number of aromatic nitrogens is 1. The first kappa shape index (κ1) is 24.7. The van der Waals surface area contributed by atoms with E-state index in [2.05, 4.69) is 25.5 Å². The number of aryl methyl sites for hydroxylation is 1. The van der Waals surface area contributed by atoms with E-state index in [1.807, 2.05) is 27.8 Å². The first-order valence-corrected chi connectivity index (χ1v) is 11.3. The molecule has 2 aromatic rings. The summed E-state index contributed by atoms with van der Waals surface area (Å²) in [5.74, 6) is 0.132. The Morgan fingerprint density at radius 2 is 2.03 bits per heavy atom. The number of rotatable bonds is 10. The highest BCUT2D eigenvalue weighted by Crippen LogP contribution is 2.24. The lowest BCUT2D eigenvalue weighted by Crippen LogP contribution is -2.39. The number of carbonyl (C=O) groups excluding carboxylic acids is 1. The van der Waals surface area contributed by atoms with Crippen molar-refractivity contribution >= 4 is 23.3 Å². The van der Waals surface area contributed by atoms with Crippen LogP contribution in [0, 0.1) is 12.7 Å². The van der Waals surface area contributed by atoms with Crippen LogP contribution in [-0.2, 0) is 11.3 Å². The molecular weight excluding hydrogens is 417 g/mol. The van der Waals surface area contributed by atoms with Crippen LogP contribution < -0.4 is 10.6 Å². The van der Waals surface area contributed by atoms with Gasteiger partial charge in [-0.15, -0.1) is 11.3 Å². The number of esters is 1. The molecule has 0 saturated heterocycles. The van der Waals surface area contributed by atoms with Crippen LogP contribution in [0.2, 0.25) is 0 Å². The molecule has 1 atom stereocenters. The molecule has 1 aromatic carbocycles. The van der Waals surface area contributed by atoms with Gasteiger partial charge in [-0.2, -0.15) is 0 Å². The van der Waals surface area contributed by atoms with E-state index in [1.54, 1.807) is 19.1 Å². The molecule has 0 aliphatic carbocycles. The van der Waals surface area contributed by atoms with Crippen molar-refractivity contribution in [1.82, 2.24) is 20.5 Å². The van der Waals surface area contributed by atoms with Gasteiger partial charge < -0.3 is 20.3 Å². The van der Waals surface area contributed by atoms with Gasteiger partial charge in [0.15, 0.2) is 5.96 Å². The lowest BCUT2D eigenvalue weighted by atomic mass is 10.2. The number of carbonyl (C=O) groups is 1. The summed E-state index contributed by atoms with van der Waals surface area (Å²) < 4.78 is 18.1. The van der Waals surface area contributed by atoms with Crippen molar-refractivity contribution in [2.75, 3.05) is 33.3 Å². The largest absolute Gasteiger partial charge is 0.462 e. The Hall–Kier alpha value is -2.52. The molecule has 2 N–H and O–H groups in total. The van der Waals surface area contributed by atoms with Gasteiger partial charge in [-0.25, -0.2) is 14.2 Å². The van der Waals surface area contributed by atoms with Crippen molar-refractivity contribution in [2.24, 2.45) is 4.99 Å². The standard InChI is InChI=1S/C22H32FN5O2S/c1-6-24-22(25-12-13-28(5)14-17-8-10-18(23)11-9-17)27-16(4)20-26-15(3)19(31-20)21(29)30-7-2/h8-11,16H,6-7,12-14H2,1-5H3,(H2,24,25,27). The molecule has 2 rings (SSSR count). The van der Waals surface area contributed by atoms with Crippen LogP contribution in [0.3, 0.4) is 0 Å². The minimum Gasteiger partial charge on any atom is -0.462 e. The lowest BCUT2D eigenvalue weighted by molar-refractivity contribution is 0.0531. The van der Waals surface area contributed by atoms with E-state index in [9.17, 15) is 9.18 Å². The molecule has 0 aliphatic rings. The summed E-state index contributed by atoms with van der Waals surface area (Å²) in [7, 11) is 2.01. The van der Waals surface area contributed by atoms with E-state index in [1.165, 1.54) is 23.5 Å². The summed E-state index contributed by atoms with van der Waals surface area (Å²) in [6.07, 6.45) is 0. The Balaban J connectivity index is 1.93. The van der Waals surface area contributed by atoms with Gasteiger partial charge >= 0.3 is 5.97 Å². The summed E-state index contributed by atoms with van der Waals surface area (Å²) in [4.78, 5) is 23.9. The summed E-state index contributed by atoms with van der Waals surface area (Å²) in [5.41, 5.74) is 1.74. The van der Waals surface area contributed by atoms with E-state index in [0.29, 0.717) is 29.7 Å². The van der Waals surface area contributed by atoms with Crippen LogP contribution in [0.5, 0.6) is 0 Å². The Kier molecular flexibility index (Phi) is 9.87. The normalized spacial score (nSPS) is 12.7. The zero-order chi connectivity index (χ0) is 22.8. The number of aliphatic imine (C=N–C) groups is 1. The maximum atomic E-state index is 13.0. The van der Waals surface area contributed by atoms with Gasteiger partial charge in [-0.05, 0) is 52.4 Å². The molecule has 0 spiro atoms. The van der Waals surface area contributed by atoms with Crippen molar-refractivity contribution in [1.29, 1.82) is 0 Å². The van der Waals surface area contributed by atoms with Crippen molar-refractivity contribution in [2.45, 2.75) is 40.3 Å². The molecule has 0 fully saturated rings. The zero-order valence-electron chi connectivity index (χ0n) is 18.9. The summed E-state index contributed by atoms with van der Waals surface area (Å²) >= 11 is 1.34. The number of likely N-dealkylation sites (N-methyl/N-ethyl adjacent to an activating group) is 1. The highest BCUT2D eigenvalue weighted by molar-refractivity contribution is 7.13. The zero-order valence-corrected chi connectivity index (χ0v) is 19.7. The molecule has 9 heteroatoms. The van der Waals surface area contributed by atoms with Gasteiger partial charge in [-0.1, -0.05) is 12.1 Å². The summed E-state index contributed by atoms with van der Waals surface area (Å²) in [6, 6.07) is 6.43. The van der Waals surface area contributed by atoms with E-state index >= 15 is 0 Å².